The van der Waals surface area contributed by atoms with Crippen molar-refractivity contribution in [3.8, 4) is 11.1 Å². The van der Waals surface area contributed by atoms with Crippen LogP contribution in [0.5, 0.6) is 0 Å². The summed E-state index contributed by atoms with van der Waals surface area (Å²) in [7, 11) is 0. The van der Waals surface area contributed by atoms with Gasteiger partial charge in [-0.3, -0.25) is 0 Å². The van der Waals surface area contributed by atoms with Crippen molar-refractivity contribution in [1.29, 1.82) is 0 Å². The molecule has 1 aliphatic rings. The van der Waals surface area contributed by atoms with Crippen molar-refractivity contribution in [3.63, 3.8) is 0 Å². The zero-order chi connectivity index (χ0) is 11.8. The van der Waals surface area contributed by atoms with E-state index in [1.54, 1.807) is 0 Å². The van der Waals surface area contributed by atoms with E-state index in [2.05, 4.69) is 30.2 Å². The highest BCUT2D eigenvalue weighted by Crippen LogP contribution is 2.46. The van der Waals surface area contributed by atoms with Gasteiger partial charge in [-0.25, -0.2) is 4.79 Å². The van der Waals surface area contributed by atoms with Gasteiger partial charge in [-0.1, -0.05) is 48.5 Å². The fraction of sp³-hybridized carbons (Fsp3) is 0.125. The first-order valence-corrected chi connectivity index (χ1v) is 5.72. The molecule has 0 aromatic heterocycles. The van der Waals surface area contributed by atoms with E-state index in [1.165, 1.54) is 22.3 Å². The normalized spacial score (nSPS) is 12.8. The second-order valence-corrected chi connectivity index (χ2v) is 4.39. The van der Waals surface area contributed by atoms with E-state index in [0.717, 1.165) is 5.57 Å². The number of carbonyl (C=O) groups excluding carboxylic acids is 1. The molecule has 0 saturated carbocycles. The van der Waals surface area contributed by atoms with Crippen molar-refractivity contribution in [2.45, 2.75) is 12.8 Å². The van der Waals surface area contributed by atoms with E-state index in [-0.39, 0.29) is 5.92 Å². The van der Waals surface area contributed by atoms with Crippen LogP contribution in [0.15, 0.2) is 54.1 Å². The van der Waals surface area contributed by atoms with Crippen LogP contribution < -0.4 is 0 Å². The molecule has 0 fully saturated rings. The van der Waals surface area contributed by atoms with Gasteiger partial charge in [0.25, 0.3) is 0 Å². The lowest BCUT2D eigenvalue weighted by atomic mass is 9.91. The highest BCUT2D eigenvalue weighted by Gasteiger charge is 2.29. The van der Waals surface area contributed by atoms with Crippen molar-refractivity contribution in [1.82, 2.24) is 0 Å². The minimum Gasteiger partial charge on any atom is -0.234 e. The molecule has 2 aromatic rings. The Morgan fingerprint density at radius 3 is 1.88 bits per heavy atom. The second kappa shape index (κ2) is 3.73. The first kappa shape index (κ1) is 10.1. The molecule has 0 atom stereocenters. The largest absolute Gasteiger partial charge is 0.234 e. The summed E-state index contributed by atoms with van der Waals surface area (Å²) < 4.78 is 0. The minimum atomic E-state index is 0.0832. The Balaban J connectivity index is 2.35. The number of rotatable bonds is 1. The van der Waals surface area contributed by atoms with Gasteiger partial charge in [0.2, 0.25) is 0 Å². The zero-order valence-electron chi connectivity index (χ0n) is 9.60. The maximum atomic E-state index is 10.9. The van der Waals surface area contributed by atoms with E-state index < -0.39 is 0 Å². The average molecular weight is 220 g/mol. The summed E-state index contributed by atoms with van der Waals surface area (Å²) in [4.78, 5) is 10.9. The van der Waals surface area contributed by atoms with Gasteiger partial charge >= 0.3 is 0 Å². The number of hydrogen-bond donors (Lipinski definition) is 0. The van der Waals surface area contributed by atoms with Gasteiger partial charge in [0, 0.05) is 11.5 Å². The molecular weight excluding hydrogens is 208 g/mol. The molecule has 82 valence electrons. The molecule has 0 bridgehead atoms. The molecule has 0 radical (unpaired) electrons. The summed E-state index contributed by atoms with van der Waals surface area (Å²) in [5, 5.41) is 0. The Morgan fingerprint density at radius 2 is 1.41 bits per heavy atom. The molecule has 0 spiro atoms. The smallest absolute Gasteiger partial charge is 0.124 e. The van der Waals surface area contributed by atoms with Gasteiger partial charge in [0.1, 0.15) is 5.94 Å². The van der Waals surface area contributed by atoms with E-state index >= 15 is 0 Å². The standard InChI is InChI=1S/C16H12O/c1-11(10-17)16-14-8-4-2-6-12(14)13-7-3-5-9-15(13)16/h2-9,16H,1H3. The lowest BCUT2D eigenvalue weighted by Crippen LogP contribution is -1.98. The molecule has 2 aromatic carbocycles. The molecular formula is C16H12O. The fourth-order valence-corrected chi connectivity index (χ4v) is 2.68. The highest BCUT2D eigenvalue weighted by molar-refractivity contribution is 5.81. The van der Waals surface area contributed by atoms with Crippen molar-refractivity contribution >= 4 is 5.94 Å². The van der Waals surface area contributed by atoms with Crippen molar-refractivity contribution in [3.05, 3.63) is 65.2 Å². The van der Waals surface area contributed by atoms with Crippen LogP contribution in [0.2, 0.25) is 0 Å². The SMILES string of the molecule is CC(=C=O)C1c2ccccc2-c2ccccc21. The van der Waals surface area contributed by atoms with Crippen LogP contribution in [0.4, 0.5) is 0 Å². The minimum absolute atomic E-state index is 0.0832. The molecule has 0 N–H and O–H groups in total. The molecule has 0 amide bonds. The lowest BCUT2D eigenvalue weighted by molar-refractivity contribution is 0.566. The topological polar surface area (TPSA) is 17.1 Å². The molecule has 0 saturated heterocycles. The highest BCUT2D eigenvalue weighted by atomic mass is 16.1. The van der Waals surface area contributed by atoms with Gasteiger partial charge in [-0.15, -0.1) is 0 Å². The Hall–Kier alpha value is -2.11. The van der Waals surface area contributed by atoms with E-state index in [9.17, 15) is 4.79 Å². The predicted molar refractivity (Wildman–Crippen MR) is 68.6 cm³/mol. The summed E-state index contributed by atoms with van der Waals surface area (Å²) in [6.07, 6.45) is 0. The molecule has 1 heteroatoms. The van der Waals surface area contributed by atoms with E-state index in [4.69, 9.17) is 0 Å². The summed E-state index contributed by atoms with van der Waals surface area (Å²) >= 11 is 0. The molecule has 0 aliphatic heterocycles. The molecule has 1 nitrogen and oxygen atoms in total. The third-order valence-corrected chi connectivity index (χ3v) is 3.43. The van der Waals surface area contributed by atoms with Crippen LogP contribution in [-0.2, 0) is 4.79 Å². The average Bonchev–Trinajstić information content (AvgIpc) is 2.72. The number of hydrogen-bond acceptors (Lipinski definition) is 1. The first-order valence-electron chi connectivity index (χ1n) is 5.72. The maximum absolute atomic E-state index is 10.9. The Labute approximate surface area is 100 Å². The zero-order valence-corrected chi connectivity index (χ0v) is 9.60. The first-order chi connectivity index (χ1) is 8.33. The second-order valence-electron chi connectivity index (χ2n) is 4.39. The Kier molecular flexibility index (Phi) is 2.21. The summed E-state index contributed by atoms with van der Waals surface area (Å²) in [6, 6.07) is 16.6. The Morgan fingerprint density at radius 1 is 0.941 bits per heavy atom. The van der Waals surface area contributed by atoms with Gasteiger partial charge in [0.05, 0.1) is 0 Å². The van der Waals surface area contributed by atoms with Gasteiger partial charge in [0.15, 0.2) is 0 Å². The number of allylic oxidation sites excluding steroid dienone is 1. The van der Waals surface area contributed by atoms with Crippen molar-refractivity contribution < 1.29 is 4.79 Å². The monoisotopic (exact) mass is 220 g/mol. The Bertz CT molecular complexity index is 588. The van der Waals surface area contributed by atoms with Crippen LogP contribution in [0.3, 0.4) is 0 Å². The van der Waals surface area contributed by atoms with Crippen molar-refractivity contribution in [2.75, 3.05) is 0 Å². The van der Waals surface area contributed by atoms with Crippen LogP contribution in [0.25, 0.3) is 11.1 Å². The van der Waals surface area contributed by atoms with Crippen molar-refractivity contribution in [2.24, 2.45) is 0 Å². The van der Waals surface area contributed by atoms with Crippen LogP contribution in [0, 0.1) is 0 Å². The summed E-state index contributed by atoms with van der Waals surface area (Å²) in [6.45, 7) is 1.86. The van der Waals surface area contributed by atoms with Gasteiger partial charge in [-0.05, 0) is 29.2 Å². The van der Waals surface area contributed by atoms with E-state index in [1.807, 2.05) is 31.2 Å². The third-order valence-electron chi connectivity index (χ3n) is 3.43. The molecule has 0 heterocycles. The lowest BCUT2D eigenvalue weighted by Gasteiger charge is -2.10. The molecule has 0 unspecified atom stereocenters. The van der Waals surface area contributed by atoms with E-state index in [0.29, 0.717) is 0 Å². The van der Waals surface area contributed by atoms with Gasteiger partial charge < -0.3 is 0 Å². The fourth-order valence-electron chi connectivity index (χ4n) is 2.68. The molecule has 3 rings (SSSR count). The quantitative estimate of drug-likeness (QED) is 0.671. The third kappa shape index (κ3) is 1.37. The van der Waals surface area contributed by atoms with Crippen LogP contribution in [0.1, 0.15) is 24.0 Å². The summed E-state index contributed by atoms with van der Waals surface area (Å²) in [5.74, 6) is 2.14. The molecule has 1 aliphatic carbocycles. The maximum Gasteiger partial charge on any atom is 0.124 e. The number of fused-ring (bicyclic) bond motifs is 3. The van der Waals surface area contributed by atoms with Crippen LogP contribution in [-0.4, -0.2) is 5.94 Å². The predicted octanol–water partition coefficient (Wildman–Crippen LogP) is 3.58. The van der Waals surface area contributed by atoms with Gasteiger partial charge in [-0.2, -0.15) is 0 Å². The number of benzene rings is 2. The summed E-state index contributed by atoms with van der Waals surface area (Å²) in [5.41, 5.74) is 5.66. The molecule has 17 heavy (non-hydrogen) atoms. The van der Waals surface area contributed by atoms with Crippen LogP contribution >= 0.6 is 0 Å².